The lowest BCUT2D eigenvalue weighted by Gasteiger charge is -2.05. The Bertz CT molecular complexity index is 1120. The van der Waals surface area contributed by atoms with Gasteiger partial charge in [-0.2, -0.15) is 0 Å². The first-order chi connectivity index (χ1) is 13.1. The number of nitrogens with two attached hydrogens (primary N) is 1. The number of carbonyl (C=O) groups excluding carboxylic acids is 1. The van der Waals surface area contributed by atoms with Crippen LogP contribution in [0.5, 0.6) is 0 Å². The van der Waals surface area contributed by atoms with Crippen LogP contribution in [0.3, 0.4) is 0 Å². The van der Waals surface area contributed by atoms with Crippen LogP contribution in [0.4, 0.5) is 10.2 Å². The molecule has 2 N–H and O–H groups in total. The van der Waals surface area contributed by atoms with Crippen LogP contribution < -0.4 is 5.73 Å². The molecule has 4 aromatic rings. The van der Waals surface area contributed by atoms with Crippen molar-refractivity contribution in [2.45, 2.75) is 12.8 Å². The minimum atomic E-state index is -0.318. The third-order valence-corrected chi connectivity index (χ3v) is 5.42. The molecule has 0 unspecified atom stereocenters. The molecule has 2 aromatic carbocycles. The first kappa shape index (κ1) is 17.4. The summed E-state index contributed by atoms with van der Waals surface area (Å²) < 4.78 is 14.3. The predicted octanol–water partition coefficient (Wildman–Crippen LogP) is 5.04. The zero-order valence-electron chi connectivity index (χ0n) is 14.5. The number of hydrogen-bond acceptors (Lipinski definition) is 4. The molecule has 0 saturated heterocycles. The number of benzene rings is 2. The highest BCUT2D eigenvalue weighted by Crippen LogP contribution is 2.36. The molecule has 0 aliphatic carbocycles. The zero-order valence-corrected chi connectivity index (χ0v) is 15.3. The molecular formula is C22H17FN2OS. The quantitative estimate of drug-likeness (QED) is 0.531. The van der Waals surface area contributed by atoms with Crippen LogP contribution in [0.15, 0.2) is 66.2 Å². The van der Waals surface area contributed by atoms with Gasteiger partial charge in [0.05, 0.1) is 0 Å². The van der Waals surface area contributed by atoms with Gasteiger partial charge >= 0.3 is 0 Å². The number of nitrogen functional groups attached to an aromatic ring is 1. The summed E-state index contributed by atoms with van der Waals surface area (Å²) in [5, 5.41) is 3.05. The maximum absolute atomic E-state index is 13.2. The van der Waals surface area contributed by atoms with E-state index in [-0.39, 0.29) is 18.0 Å². The maximum Gasteiger partial charge on any atom is 0.141 e. The van der Waals surface area contributed by atoms with E-state index in [1.807, 2.05) is 30.3 Å². The summed E-state index contributed by atoms with van der Waals surface area (Å²) in [7, 11) is 0. The van der Waals surface area contributed by atoms with Crippen molar-refractivity contribution >= 4 is 33.0 Å². The van der Waals surface area contributed by atoms with Crippen LogP contribution >= 0.6 is 11.3 Å². The molecule has 0 amide bonds. The smallest absolute Gasteiger partial charge is 0.141 e. The van der Waals surface area contributed by atoms with Crippen molar-refractivity contribution in [3.05, 3.63) is 83.1 Å². The first-order valence-electron chi connectivity index (χ1n) is 8.57. The summed E-state index contributed by atoms with van der Waals surface area (Å²) >= 11 is 1.64. The highest BCUT2D eigenvalue weighted by atomic mass is 32.1. The van der Waals surface area contributed by atoms with Gasteiger partial charge in [-0.1, -0.05) is 36.4 Å². The van der Waals surface area contributed by atoms with E-state index in [1.165, 1.54) is 12.1 Å². The van der Waals surface area contributed by atoms with Crippen LogP contribution in [-0.4, -0.2) is 10.8 Å². The Morgan fingerprint density at radius 3 is 2.59 bits per heavy atom. The second-order valence-electron chi connectivity index (χ2n) is 6.44. The Labute approximate surface area is 160 Å². The topological polar surface area (TPSA) is 56.0 Å². The van der Waals surface area contributed by atoms with E-state index in [0.29, 0.717) is 17.8 Å². The number of thiophene rings is 1. The van der Waals surface area contributed by atoms with Gasteiger partial charge in [0.2, 0.25) is 0 Å². The first-order valence-corrected chi connectivity index (χ1v) is 9.45. The predicted molar refractivity (Wildman–Crippen MR) is 108 cm³/mol. The molecule has 0 aliphatic rings. The number of rotatable bonds is 5. The number of Topliss-reactive ketones (excluding diaryl/α,β-unsaturated/α-hetero) is 1. The van der Waals surface area contributed by atoms with Crippen LogP contribution in [0.2, 0.25) is 0 Å². The van der Waals surface area contributed by atoms with E-state index < -0.39 is 0 Å². The number of ketones is 1. The van der Waals surface area contributed by atoms with Gasteiger partial charge in [0.15, 0.2) is 0 Å². The van der Waals surface area contributed by atoms with Crippen LogP contribution in [0, 0.1) is 5.82 Å². The van der Waals surface area contributed by atoms with Crippen molar-refractivity contribution in [2.24, 2.45) is 0 Å². The summed E-state index contributed by atoms with van der Waals surface area (Å²) in [6, 6.07) is 16.0. The van der Waals surface area contributed by atoms with Crippen molar-refractivity contribution in [2.75, 3.05) is 5.73 Å². The van der Waals surface area contributed by atoms with E-state index in [4.69, 9.17) is 5.73 Å². The standard InChI is InChI=1S/C22H17FN2OS/c23-17-3-1-2-15(10-17)12-18(26)11-14-4-6-16(7-5-14)19-13-27-20-8-9-25-22(24)21(19)20/h1-10,13H,11-12H2,(H2,24,25). The van der Waals surface area contributed by atoms with Crippen molar-refractivity contribution in [1.29, 1.82) is 0 Å². The van der Waals surface area contributed by atoms with Crippen LogP contribution in [-0.2, 0) is 17.6 Å². The molecule has 134 valence electrons. The summed E-state index contributed by atoms with van der Waals surface area (Å²) in [4.78, 5) is 16.5. The van der Waals surface area contributed by atoms with Gasteiger partial charge in [-0.15, -0.1) is 11.3 Å². The van der Waals surface area contributed by atoms with Gasteiger partial charge < -0.3 is 5.73 Å². The number of halogens is 1. The molecule has 0 saturated carbocycles. The van der Waals surface area contributed by atoms with Gasteiger partial charge in [0.25, 0.3) is 0 Å². The minimum absolute atomic E-state index is 0.0581. The Morgan fingerprint density at radius 2 is 1.81 bits per heavy atom. The number of hydrogen-bond donors (Lipinski definition) is 1. The lowest BCUT2D eigenvalue weighted by molar-refractivity contribution is -0.117. The average Bonchev–Trinajstić information content (AvgIpc) is 3.08. The molecule has 5 heteroatoms. The van der Waals surface area contributed by atoms with Gasteiger partial charge in [0.1, 0.15) is 17.4 Å². The highest BCUT2D eigenvalue weighted by Gasteiger charge is 2.11. The van der Waals surface area contributed by atoms with Crippen molar-refractivity contribution < 1.29 is 9.18 Å². The van der Waals surface area contributed by atoms with Crippen molar-refractivity contribution in [1.82, 2.24) is 4.98 Å². The second-order valence-corrected chi connectivity index (χ2v) is 7.35. The number of pyridine rings is 1. The molecule has 27 heavy (non-hydrogen) atoms. The van der Waals surface area contributed by atoms with Gasteiger partial charge in [-0.25, -0.2) is 9.37 Å². The number of anilines is 1. The summed E-state index contributed by atoms with van der Waals surface area (Å²) in [6.07, 6.45) is 2.27. The largest absolute Gasteiger partial charge is 0.383 e. The molecule has 0 radical (unpaired) electrons. The van der Waals surface area contributed by atoms with Crippen molar-refractivity contribution in [3.8, 4) is 11.1 Å². The normalized spacial score (nSPS) is 11.0. The second kappa shape index (κ2) is 7.29. The fourth-order valence-corrected chi connectivity index (χ4v) is 4.16. The van der Waals surface area contributed by atoms with E-state index in [2.05, 4.69) is 10.4 Å². The Balaban J connectivity index is 1.51. The molecule has 0 bridgehead atoms. The third kappa shape index (κ3) is 3.73. The van der Waals surface area contributed by atoms with E-state index in [0.717, 1.165) is 26.8 Å². The van der Waals surface area contributed by atoms with Crippen molar-refractivity contribution in [3.63, 3.8) is 0 Å². The Hall–Kier alpha value is -3.05. The molecule has 0 fully saturated rings. The van der Waals surface area contributed by atoms with Gasteiger partial charge in [0, 0.05) is 34.7 Å². The van der Waals surface area contributed by atoms with Crippen LogP contribution in [0.1, 0.15) is 11.1 Å². The monoisotopic (exact) mass is 376 g/mol. The molecule has 0 spiro atoms. The molecular weight excluding hydrogens is 359 g/mol. The Kier molecular flexibility index (Phi) is 4.69. The van der Waals surface area contributed by atoms with Crippen LogP contribution in [0.25, 0.3) is 21.2 Å². The van der Waals surface area contributed by atoms with E-state index in [1.54, 1.807) is 29.7 Å². The van der Waals surface area contributed by atoms with E-state index >= 15 is 0 Å². The van der Waals surface area contributed by atoms with E-state index in [9.17, 15) is 9.18 Å². The summed E-state index contributed by atoms with van der Waals surface area (Å²) in [5.74, 6) is 0.266. The fourth-order valence-electron chi connectivity index (χ4n) is 3.19. The van der Waals surface area contributed by atoms with Gasteiger partial charge in [-0.3, -0.25) is 4.79 Å². The lowest BCUT2D eigenvalue weighted by Crippen LogP contribution is -2.06. The molecule has 4 rings (SSSR count). The van der Waals surface area contributed by atoms with Gasteiger partial charge in [-0.05, 0) is 40.3 Å². The highest BCUT2D eigenvalue weighted by molar-refractivity contribution is 7.17. The summed E-state index contributed by atoms with van der Waals surface area (Å²) in [5.41, 5.74) is 9.77. The molecule has 2 aromatic heterocycles. The molecule has 2 heterocycles. The molecule has 0 atom stereocenters. The average molecular weight is 376 g/mol. The number of nitrogens with zero attached hydrogens (tertiary/aromatic N) is 1. The lowest BCUT2D eigenvalue weighted by atomic mass is 9.99. The number of carbonyl (C=O) groups is 1. The third-order valence-electron chi connectivity index (χ3n) is 4.47. The number of fused-ring (bicyclic) bond motifs is 1. The number of aromatic nitrogens is 1. The SMILES string of the molecule is Nc1nccc2scc(-c3ccc(CC(=O)Cc4cccc(F)c4)cc3)c12. The maximum atomic E-state index is 13.2. The zero-order chi connectivity index (χ0) is 18.8. The molecule has 0 aliphatic heterocycles. The summed E-state index contributed by atoms with van der Waals surface area (Å²) in [6.45, 7) is 0. The fraction of sp³-hybridized carbons (Fsp3) is 0.0909. The molecule has 3 nitrogen and oxygen atoms in total. The Morgan fingerprint density at radius 1 is 1.04 bits per heavy atom. The minimum Gasteiger partial charge on any atom is -0.383 e.